The normalized spacial score (nSPS) is 16.4. The molecular formula is C19H18N2O3S2. The van der Waals surface area contributed by atoms with Crippen molar-refractivity contribution in [1.82, 2.24) is 4.90 Å². The molecule has 0 bridgehead atoms. The van der Waals surface area contributed by atoms with Gasteiger partial charge >= 0.3 is 0 Å². The molecule has 0 saturated carbocycles. The van der Waals surface area contributed by atoms with Gasteiger partial charge in [0.05, 0.1) is 10.9 Å². The third kappa shape index (κ3) is 4.02. The lowest BCUT2D eigenvalue weighted by Crippen LogP contribution is -2.30. The van der Waals surface area contributed by atoms with Crippen LogP contribution in [0, 0.1) is 6.92 Å². The Morgan fingerprint density at radius 2 is 2.15 bits per heavy atom. The van der Waals surface area contributed by atoms with Gasteiger partial charge < -0.3 is 4.74 Å². The molecule has 1 fully saturated rings. The Morgan fingerprint density at radius 3 is 2.92 bits per heavy atom. The minimum absolute atomic E-state index is 0.222. The molecule has 2 amide bonds. The fourth-order valence-electron chi connectivity index (χ4n) is 2.62. The quantitative estimate of drug-likeness (QED) is 0.333. The standard InChI is InChI=1S/C19H18N2O3S2/c1-3-24-8-4-7-21-18(23)16(26-19(21)25)11-14-10-13-9-12(2)5-6-15(13)20-17(14)22/h5-6,9-10H,3-4,7-8H2,1-2H3. The average molecular weight is 386 g/mol. The summed E-state index contributed by atoms with van der Waals surface area (Å²) in [6.07, 6.45) is 2.43. The molecule has 0 unspecified atom stereocenters. The van der Waals surface area contributed by atoms with E-state index in [4.69, 9.17) is 17.0 Å². The highest BCUT2D eigenvalue weighted by atomic mass is 32.2. The van der Waals surface area contributed by atoms with Crippen molar-refractivity contribution >= 4 is 46.2 Å². The van der Waals surface area contributed by atoms with Crippen molar-refractivity contribution < 1.29 is 14.3 Å². The Bertz CT molecular complexity index is 975. The number of carbonyl (C=O) groups is 2. The molecule has 0 aliphatic carbocycles. The predicted octanol–water partition coefficient (Wildman–Crippen LogP) is 1.63. The first kappa shape index (κ1) is 18.7. The summed E-state index contributed by atoms with van der Waals surface area (Å²) >= 11 is 6.45. The van der Waals surface area contributed by atoms with Crippen molar-refractivity contribution in [2.24, 2.45) is 4.99 Å². The zero-order chi connectivity index (χ0) is 18.7. The van der Waals surface area contributed by atoms with Gasteiger partial charge in [0.1, 0.15) is 9.23 Å². The number of nitrogens with zero attached hydrogens (tertiary/aromatic N) is 2. The van der Waals surface area contributed by atoms with E-state index in [0.717, 1.165) is 22.5 Å². The van der Waals surface area contributed by atoms with Crippen molar-refractivity contribution in [1.29, 1.82) is 0 Å². The zero-order valence-corrected chi connectivity index (χ0v) is 16.2. The summed E-state index contributed by atoms with van der Waals surface area (Å²) in [7, 11) is 0. The van der Waals surface area contributed by atoms with Gasteiger partial charge in [-0.1, -0.05) is 29.6 Å². The van der Waals surface area contributed by atoms with E-state index in [1.54, 1.807) is 6.08 Å². The Morgan fingerprint density at radius 1 is 1.35 bits per heavy atom. The predicted molar refractivity (Wildman–Crippen MR) is 105 cm³/mol. The third-order valence-corrected chi connectivity index (χ3v) is 5.25. The average Bonchev–Trinajstić information content (AvgIpc) is 2.87. The molecule has 134 valence electrons. The molecule has 26 heavy (non-hydrogen) atoms. The number of carbonyl (C=O) groups excluding carboxylic acids is 2. The largest absolute Gasteiger partial charge is 0.382 e. The minimum Gasteiger partial charge on any atom is -0.382 e. The maximum Gasteiger partial charge on any atom is 0.285 e. The Balaban J connectivity index is 1.90. The third-order valence-electron chi connectivity index (χ3n) is 3.91. The van der Waals surface area contributed by atoms with E-state index in [1.165, 1.54) is 4.90 Å². The number of hydrogen-bond acceptors (Lipinski definition) is 5. The van der Waals surface area contributed by atoms with Crippen LogP contribution in [0.3, 0.4) is 0 Å². The summed E-state index contributed by atoms with van der Waals surface area (Å²) in [4.78, 5) is 30.8. The van der Waals surface area contributed by atoms with Crippen LogP contribution in [0.1, 0.15) is 18.9 Å². The van der Waals surface area contributed by atoms with Crippen LogP contribution in [0.25, 0.3) is 6.08 Å². The highest BCUT2D eigenvalue weighted by Gasteiger charge is 2.32. The van der Waals surface area contributed by atoms with E-state index in [1.807, 2.05) is 32.0 Å². The molecule has 1 aromatic carbocycles. The molecule has 0 atom stereocenters. The number of rotatable bonds is 5. The molecule has 3 rings (SSSR count). The second-order valence-electron chi connectivity index (χ2n) is 5.87. The van der Waals surface area contributed by atoms with Gasteiger partial charge in [-0.25, -0.2) is 4.99 Å². The lowest BCUT2D eigenvalue weighted by molar-refractivity contribution is -0.122. The smallest absolute Gasteiger partial charge is 0.285 e. The van der Waals surface area contributed by atoms with Crippen molar-refractivity contribution in [3.05, 3.63) is 50.5 Å². The fraction of sp³-hybridized carbons (Fsp3) is 0.316. The van der Waals surface area contributed by atoms with Crippen LogP contribution >= 0.6 is 24.0 Å². The molecule has 0 spiro atoms. The van der Waals surface area contributed by atoms with E-state index >= 15 is 0 Å². The van der Waals surface area contributed by atoms with Crippen molar-refractivity contribution in [2.45, 2.75) is 20.3 Å². The second kappa shape index (κ2) is 8.10. The molecule has 2 aliphatic rings. The van der Waals surface area contributed by atoms with E-state index < -0.39 is 5.91 Å². The Labute approximate surface area is 161 Å². The van der Waals surface area contributed by atoms with Crippen LogP contribution in [0.2, 0.25) is 0 Å². The monoisotopic (exact) mass is 386 g/mol. The fourth-order valence-corrected chi connectivity index (χ4v) is 3.86. The summed E-state index contributed by atoms with van der Waals surface area (Å²) in [5, 5.41) is 1.48. The highest BCUT2D eigenvalue weighted by Crippen LogP contribution is 2.30. The van der Waals surface area contributed by atoms with E-state index in [-0.39, 0.29) is 11.5 Å². The SMILES string of the molecule is CCOCCCN1C(=O)C(=C=C2C=c3cc(C)ccc3=NC2=O)SC1=S. The van der Waals surface area contributed by atoms with Crippen molar-refractivity contribution in [3.63, 3.8) is 0 Å². The summed E-state index contributed by atoms with van der Waals surface area (Å²) < 4.78 is 5.77. The van der Waals surface area contributed by atoms with Gasteiger partial charge in [0.15, 0.2) is 0 Å². The number of hydrogen-bond donors (Lipinski definition) is 0. The zero-order valence-electron chi connectivity index (χ0n) is 14.6. The number of aryl methyl sites for hydroxylation is 1. The highest BCUT2D eigenvalue weighted by molar-refractivity contribution is 8.26. The summed E-state index contributed by atoms with van der Waals surface area (Å²) in [6.45, 7) is 5.62. The van der Waals surface area contributed by atoms with Crippen molar-refractivity contribution in [3.8, 4) is 0 Å². The minimum atomic E-state index is -0.400. The van der Waals surface area contributed by atoms with Crippen LogP contribution in [0.4, 0.5) is 0 Å². The lowest BCUT2D eigenvalue weighted by Gasteiger charge is -2.13. The first-order chi connectivity index (χ1) is 12.5. The number of benzene rings is 1. The summed E-state index contributed by atoms with van der Waals surface area (Å²) in [6, 6.07) is 5.67. The molecule has 1 aromatic rings. The molecular weight excluding hydrogens is 368 g/mol. The number of amides is 2. The number of thiocarbonyl (C=S) groups is 1. The topological polar surface area (TPSA) is 59.0 Å². The van der Waals surface area contributed by atoms with E-state index in [9.17, 15) is 9.59 Å². The van der Waals surface area contributed by atoms with Gasteiger partial charge in [-0.3, -0.25) is 14.5 Å². The summed E-state index contributed by atoms with van der Waals surface area (Å²) in [5.41, 5.74) is 4.28. The van der Waals surface area contributed by atoms with Gasteiger partial charge in [-0.05, 0) is 50.2 Å². The maximum absolute atomic E-state index is 12.6. The summed E-state index contributed by atoms with van der Waals surface area (Å²) in [5.74, 6) is -0.622. The first-order valence-electron chi connectivity index (χ1n) is 8.33. The number of ether oxygens (including phenoxy) is 1. The van der Waals surface area contributed by atoms with Crippen LogP contribution in [-0.4, -0.2) is 40.8 Å². The first-order valence-corrected chi connectivity index (χ1v) is 9.56. The van der Waals surface area contributed by atoms with Gasteiger partial charge in [0.25, 0.3) is 11.8 Å². The van der Waals surface area contributed by atoms with Crippen molar-refractivity contribution in [2.75, 3.05) is 19.8 Å². The van der Waals surface area contributed by atoms with Crippen LogP contribution in [0.5, 0.6) is 0 Å². The van der Waals surface area contributed by atoms with Crippen LogP contribution in [-0.2, 0) is 14.3 Å². The molecule has 7 heteroatoms. The number of fused-ring (bicyclic) bond motifs is 1. The maximum atomic E-state index is 12.6. The number of thioether (sulfide) groups is 1. The molecule has 2 aliphatic heterocycles. The van der Waals surface area contributed by atoms with Gasteiger partial charge in [0.2, 0.25) is 0 Å². The molecule has 1 saturated heterocycles. The molecule has 2 heterocycles. The van der Waals surface area contributed by atoms with Crippen LogP contribution < -0.4 is 10.6 Å². The molecule has 5 nitrogen and oxygen atoms in total. The van der Waals surface area contributed by atoms with Gasteiger partial charge in [-0.15, -0.1) is 0 Å². The van der Waals surface area contributed by atoms with E-state index in [2.05, 4.69) is 10.7 Å². The molecule has 0 aromatic heterocycles. The van der Waals surface area contributed by atoms with E-state index in [0.29, 0.717) is 40.8 Å². The second-order valence-corrected chi connectivity index (χ2v) is 7.51. The Kier molecular flexibility index (Phi) is 5.84. The Hall–Kier alpha value is -2.05. The van der Waals surface area contributed by atoms with Gasteiger partial charge in [0, 0.05) is 25.0 Å². The van der Waals surface area contributed by atoms with Gasteiger partial charge in [-0.2, -0.15) is 0 Å². The molecule has 0 radical (unpaired) electrons. The van der Waals surface area contributed by atoms with Crippen LogP contribution in [0.15, 0.2) is 39.4 Å². The lowest BCUT2D eigenvalue weighted by atomic mass is 10.1. The molecule has 0 N–H and O–H groups in total.